The molecule has 104 valence electrons. The molecular formula is C13H13N3O3S. The van der Waals surface area contributed by atoms with Gasteiger partial charge in [-0.05, 0) is 24.3 Å². The van der Waals surface area contributed by atoms with Crippen LogP contribution in [0.25, 0.3) is 0 Å². The maximum absolute atomic E-state index is 12.0. The quantitative estimate of drug-likeness (QED) is 0.490. The third-order valence-electron chi connectivity index (χ3n) is 2.49. The van der Waals surface area contributed by atoms with E-state index in [1.807, 2.05) is 0 Å². The Hall–Kier alpha value is -2.28. The fraction of sp³-hybridized carbons (Fsp3) is 0.154. The van der Waals surface area contributed by atoms with Crippen molar-refractivity contribution >= 4 is 23.4 Å². The van der Waals surface area contributed by atoms with Gasteiger partial charge in [0, 0.05) is 11.6 Å². The molecule has 0 aliphatic heterocycles. The standard InChI is InChI=1S/C13H13N3O3S/c1-19-9-4-2-8(3-5-9)10(17)7-20-13-15-11(14)6-12(18)16-13/h2-6H,7H2,1H3,(H3,14,15,16,18). The summed E-state index contributed by atoms with van der Waals surface area (Å²) in [5.41, 5.74) is 5.70. The average Bonchev–Trinajstić information content (AvgIpc) is 2.44. The number of hydrogen-bond acceptors (Lipinski definition) is 6. The van der Waals surface area contributed by atoms with Gasteiger partial charge >= 0.3 is 0 Å². The Labute approximate surface area is 119 Å². The molecule has 0 atom stereocenters. The molecule has 1 aromatic carbocycles. The Morgan fingerprint density at radius 1 is 1.40 bits per heavy atom. The number of carbonyl (C=O) groups excluding carboxylic acids is 1. The lowest BCUT2D eigenvalue weighted by Gasteiger charge is -2.03. The van der Waals surface area contributed by atoms with Crippen molar-refractivity contribution in [1.82, 2.24) is 9.97 Å². The molecule has 20 heavy (non-hydrogen) atoms. The Kier molecular flexibility index (Phi) is 4.41. The third-order valence-corrected chi connectivity index (χ3v) is 3.37. The van der Waals surface area contributed by atoms with Crippen molar-refractivity contribution < 1.29 is 9.53 Å². The van der Waals surface area contributed by atoms with Gasteiger partial charge in [0.2, 0.25) is 0 Å². The molecule has 1 aromatic heterocycles. The zero-order valence-corrected chi connectivity index (χ0v) is 11.6. The van der Waals surface area contributed by atoms with E-state index in [4.69, 9.17) is 10.5 Å². The van der Waals surface area contributed by atoms with Crippen molar-refractivity contribution in [2.24, 2.45) is 0 Å². The van der Waals surface area contributed by atoms with Gasteiger partial charge in [-0.1, -0.05) is 11.8 Å². The van der Waals surface area contributed by atoms with Gasteiger partial charge in [-0.3, -0.25) is 9.59 Å². The largest absolute Gasteiger partial charge is 0.497 e. The summed E-state index contributed by atoms with van der Waals surface area (Å²) < 4.78 is 5.02. The van der Waals surface area contributed by atoms with Crippen molar-refractivity contribution in [2.45, 2.75) is 5.16 Å². The molecule has 0 bridgehead atoms. The summed E-state index contributed by atoms with van der Waals surface area (Å²) in [6.07, 6.45) is 0. The highest BCUT2D eigenvalue weighted by Gasteiger charge is 2.08. The van der Waals surface area contributed by atoms with Gasteiger partial charge in [0.05, 0.1) is 12.9 Å². The second-order valence-electron chi connectivity index (χ2n) is 3.92. The van der Waals surface area contributed by atoms with Crippen LogP contribution in [0, 0.1) is 0 Å². The number of benzene rings is 1. The summed E-state index contributed by atoms with van der Waals surface area (Å²) in [5.74, 6) is 0.922. The summed E-state index contributed by atoms with van der Waals surface area (Å²) in [6, 6.07) is 8.01. The van der Waals surface area contributed by atoms with E-state index in [9.17, 15) is 9.59 Å². The van der Waals surface area contributed by atoms with Crippen molar-refractivity contribution in [2.75, 3.05) is 18.6 Å². The lowest BCUT2D eigenvalue weighted by molar-refractivity contribution is 0.102. The molecule has 0 saturated heterocycles. The van der Waals surface area contributed by atoms with Crippen molar-refractivity contribution in [3.8, 4) is 5.75 Å². The molecule has 6 nitrogen and oxygen atoms in total. The molecule has 2 rings (SSSR count). The minimum atomic E-state index is -0.336. The second-order valence-corrected chi connectivity index (χ2v) is 4.88. The van der Waals surface area contributed by atoms with Crippen molar-refractivity contribution in [3.05, 3.63) is 46.2 Å². The molecule has 0 radical (unpaired) electrons. The number of H-pyrrole nitrogens is 1. The molecule has 7 heteroatoms. The summed E-state index contributed by atoms with van der Waals surface area (Å²) >= 11 is 1.13. The van der Waals surface area contributed by atoms with Crippen LogP contribution in [0.3, 0.4) is 0 Å². The summed E-state index contributed by atoms with van der Waals surface area (Å²) in [5, 5.41) is 0.330. The molecule has 0 aliphatic carbocycles. The topological polar surface area (TPSA) is 98.1 Å². The normalized spacial score (nSPS) is 10.2. The van der Waals surface area contributed by atoms with E-state index in [2.05, 4.69) is 9.97 Å². The number of nitrogens with two attached hydrogens (primary N) is 1. The van der Waals surface area contributed by atoms with Gasteiger partial charge < -0.3 is 15.5 Å². The highest BCUT2D eigenvalue weighted by atomic mass is 32.2. The SMILES string of the molecule is COc1ccc(C(=O)CSc2nc(N)cc(=O)[nH]2)cc1. The zero-order valence-electron chi connectivity index (χ0n) is 10.8. The first-order valence-corrected chi connectivity index (χ1v) is 6.74. The van der Waals surface area contributed by atoms with Crippen LogP contribution in [-0.4, -0.2) is 28.6 Å². The van der Waals surface area contributed by atoms with Crippen molar-refractivity contribution in [3.63, 3.8) is 0 Å². The monoisotopic (exact) mass is 291 g/mol. The fourth-order valence-electron chi connectivity index (χ4n) is 1.52. The molecule has 0 amide bonds. The maximum Gasteiger partial charge on any atom is 0.253 e. The molecule has 0 unspecified atom stereocenters. The number of anilines is 1. The molecule has 0 aliphatic rings. The number of hydrogen-bond donors (Lipinski definition) is 2. The molecule has 0 saturated carbocycles. The number of nitrogens with one attached hydrogen (secondary N) is 1. The molecule has 3 N–H and O–H groups in total. The Morgan fingerprint density at radius 3 is 2.70 bits per heavy atom. The summed E-state index contributed by atoms with van der Waals surface area (Å²) in [4.78, 5) is 29.6. The van der Waals surface area contributed by atoms with Gasteiger partial charge in [0.15, 0.2) is 10.9 Å². The van der Waals surface area contributed by atoms with E-state index < -0.39 is 0 Å². The minimum absolute atomic E-state index is 0.0669. The van der Waals surface area contributed by atoms with Crippen molar-refractivity contribution in [1.29, 1.82) is 0 Å². The van der Waals surface area contributed by atoms with Gasteiger partial charge in [0.1, 0.15) is 11.6 Å². The van der Waals surface area contributed by atoms with Crippen LogP contribution in [0.2, 0.25) is 0 Å². The number of ketones is 1. The van der Waals surface area contributed by atoms with Crippen LogP contribution < -0.4 is 16.0 Å². The van der Waals surface area contributed by atoms with Gasteiger partial charge in [-0.15, -0.1) is 0 Å². The number of nitrogens with zero attached hydrogens (tertiary/aromatic N) is 1. The highest BCUT2D eigenvalue weighted by Crippen LogP contribution is 2.16. The van der Waals surface area contributed by atoms with Crippen LogP contribution in [0.1, 0.15) is 10.4 Å². The average molecular weight is 291 g/mol. The van der Waals surface area contributed by atoms with E-state index in [1.54, 1.807) is 31.4 Å². The van der Waals surface area contributed by atoms with Crippen LogP contribution in [0.4, 0.5) is 5.82 Å². The second kappa shape index (κ2) is 6.25. The smallest absolute Gasteiger partial charge is 0.253 e. The maximum atomic E-state index is 12.0. The first-order valence-electron chi connectivity index (χ1n) is 5.75. The highest BCUT2D eigenvalue weighted by molar-refractivity contribution is 7.99. The third kappa shape index (κ3) is 3.61. The van der Waals surface area contributed by atoms with Crippen LogP contribution in [0.15, 0.2) is 40.3 Å². The van der Waals surface area contributed by atoms with Gasteiger partial charge in [0.25, 0.3) is 5.56 Å². The van der Waals surface area contributed by atoms with E-state index in [0.717, 1.165) is 11.8 Å². The molecular weight excluding hydrogens is 278 g/mol. The Morgan fingerprint density at radius 2 is 2.10 bits per heavy atom. The minimum Gasteiger partial charge on any atom is -0.497 e. The lowest BCUT2D eigenvalue weighted by Crippen LogP contribution is -2.10. The van der Waals surface area contributed by atoms with E-state index >= 15 is 0 Å². The number of nitrogen functional groups attached to an aromatic ring is 1. The van der Waals surface area contributed by atoms with Gasteiger partial charge in [-0.2, -0.15) is 0 Å². The lowest BCUT2D eigenvalue weighted by atomic mass is 10.1. The number of ether oxygens (including phenoxy) is 1. The van der Waals surface area contributed by atoms with Gasteiger partial charge in [-0.25, -0.2) is 4.98 Å². The van der Waals surface area contributed by atoms with Crippen LogP contribution in [0.5, 0.6) is 5.75 Å². The van der Waals surface area contributed by atoms with Crippen LogP contribution in [-0.2, 0) is 0 Å². The number of aromatic amines is 1. The number of thioether (sulfide) groups is 1. The predicted molar refractivity (Wildman–Crippen MR) is 77.3 cm³/mol. The zero-order chi connectivity index (χ0) is 14.5. The van der Waals surface area contributed by atoms with E-state index in [1.165, 1.54) is 6.07 Å². The first-order chi connectivity index (χ1) is 9.58. The summed E-state index contributed by atoms with van der Waals surface area (Å²) in [6.45, 7) is 0. The number of carbonyl (C=O) groups is 1. The van der Waals surface area contributed by atoms with E-state index in [0.29, 0.717) is 16.5 Å². The number of aromatic nitrogens is 2. The number of rotatable bonds is 5. The first kappa shape index (κ1) is 14.1. The Balaban J connectivity index is 2.02. The molecule has 2 aromatic rings. The fourth-order valence-corrected chi connectivity index (χ4v) is 2.29. The predicted octanol–water partition coefficient (Wildman–Crippen LogP) is 1.34. The molecule has 1 heterocycles. The summed E-state index contributed by atoms with van der Waals surface area (Å²) in [7, 11) is 1.56. The van der Waals surface area contributed by atoms with E-state index in [-0.39, 0.29) is 22.9 Å². The molecule has 0 fully saturated rings. The Bertz CT molecular complexity index is 667. The number of Topliss-reactive ketones (excluding diaryl/α,β-unsaturated/α-hetero) is 1. The number of methoxy groups -OCH3 is 1. The molecule has 0 spiro atoms. The van der Waals surface area contributed by atoms with Crippen LogP contribution >= 0.6 is 11.8 Å².